The fourth-order valence-electron chi connectivity index (χ4n) is 4.35. The lowest BCUT2D eigenvalue weighted by Crippen LogP contribution is -2.49. The highest BCUT2D eigenvalue weighted by Crippen LogP contribution is 2.61. The zero-order valence-electron chi connectivity index (χ0n) is 12.2. The minimum absolute atomic E-state index is 0.196. The van der Waals surface area contributed by atoms with Gasteiger partial charge in [-0.1, -0.05) is 0 Å². The molecule has 1 spiro atoms. The van der Waals surface area contributed by atoms with Gasteiger partial charge in [0.1, 0.15) is 0 Å². The Balaban J connectivity index is 1.46. The van der Waals surface area contributed by atoms with Crippen molar-refractivity contribution in [2.24, 2.45) is 16.7 Å². The maximum absolute atomic E-state index is 13.4. The molecule has 120 valence electrons. The van der Waals surface area contributed by atoms with Crippen LogP contribution in [0.2, 0.25) is 0 Å². The number of rotatable bonds is 5. The lowest BCUT2D eigenvalue weighted by molar-refractivity contribution is -0.140. The highest BCUT2D eigenvalue weighted by Gasteiger charge is 2.71. The number of alkyl halides is 2. The standard InChI is InChI=1S/C15H23F2NO3/c16-15(17)8-14(15,10-19)9-18-3-1-13(2-4-18)6-11(7-13)5-12(20)21/h11,19H,1-10H2,(H,20,21)/t14-/m1/s1. The van der Waals surface area contributed by atoms with Gasteiger partial charge in [-0.15, -0.1) is 0 Å². The molecule has 0 radical (unpaired) electrons. The zero-order valence-corrected chi connectivity index (χ0v) is 12.2. The van der Waals surface area contributed by atoms with Crippen LogP contribution in [0.3, 0.4) is 0 Å². The van der Waals surface area contributed by atoms with E-state index in [9.17, 15) is 18.7 Å². The minimum Gasteiger partial charge on any atom is -0.481 e. The van der Waals surface area contributed by atoms with Gasteiger partial charge in [0, 0.05) is 19.4 Å². The second-order valence-electron chi connectivity index (χ2n) is 7.47. The molecule has 3 rings (SSSR count). The van der Waals surface area contributed by atoms with Crippen molar-refractivity contribution in [2.45, 2.75) is 44.4 Å². The van der Waals surface area contributed by atoms with Crippen molar-refractivity contribution < 1.29 is 23.8 Å². The van der Waals surface area contributed by atoms with Gasteiger partial charge >= 0.3 is 5.97 Å². The topological polar surface area (TPSA) is 60.8 Å². The van der Waals surface area contributed by atoms with E-state index in [1.165, 1.54) is 0 Å². The molecule has 2 aliphatic carbocycles. The Morgan fingerprint density at radius 2 is 1.81 bits per heavy atom. The molecule has 0 aromatic carbocycles. The number of carbonyl (C=O) groups is 1. The van der Waals surface area contributed by atoms with Crippen LogP contribution >= 0.6 is 0 Å². The van der Waals surface area contributed by atoms with Gasteiger partial charge in [-0.3, -0.25) is 4.79 Å². The maximum Gasteiger partial charge on any atom is 0.303 e. The van der Waals surface area contributed by atoms with Gasteiger partial charge in [0.15, 0.2) is 0 Å². The van der Waals surface area contributed by atoms with Gasteiger partial charge in [0.25, 0.3) is 5.92 Å². The molecule has 0 aromatic rings. The number of carboxylic acids is 1. The van der Waals surface area contributed by atoms with E-state index in [0.29, 0.717) is 5.92 Å². The molecule has 0 amide bonds. The van der Waals surface area contributed by atoms with E-state index in [1.807, 2.05) is 4.90 Å². The second-order valence-corrected chi connectivity index (χ2v) is 7.47. The molecule has 0 aromatic heterocycles. The third-order valence-electron chi connectivity index (χ3n) is 5.86. The average Bonchev–Trinajstić information content (AvgIpc) is 2.91. The molecule has 3 fully saturated rings. The Morgan fingerprint density at radius 1 is 1.24 bits per heavy atom. The third-order valence-corrected chi connectivity index (χ3v) is 5.86. The number of likely N-dealkylation sites (tertiary alicyclic amines) is 1. The van der Waals surface area contributed by atoms with E-state index in [4.69, 9.17) is 5.11 Å². The molecule has 0 bridgehead atoms. The smallest absolute Gasteiger partial charge is 0.303 e. The van der Waals surface area contributed by atoms with Gasteiger partial charge in [-0.05, 0) is 50.1 Å². The fourth-order valence-corrected chi connectivity index (χ4v) is 4.35. The average molecular weight is 303 g/mol. The van der Waals surface area contributed by atoms with Crippen LogP contribution in [0.25, 0.3) is 0 Å². The molecule has 1 aliphatic heterocycles. The number of halogens is 2. The molecule has 21 heavy (non-hydrogen) atoms. The first kappa shape index (κ1) is 15.2. The van der Waals surface area contributed by atoms with Gasteiger partial charge in [0.2, 0.25) is 0 Å². The molecule has 1 atom stereocenters. The molecule has 1 saturated heterocycles. The number of piperidine rings is 1. The zero-order chi connectivity index (χ0) is 15.3. The number of hydrogen-bond acceptors (Lipinski definition) is 3. The molecular formula is C15H23F2NO3. The fraction of sp³-hybridized carbons (Fsp3) is 0.933. The summed E-state index contributed by atoms with van der Waals surface area (Å²) in [6.45, 7) is 1.42. The Hall–Kier alpha value is -0.750. The summed E-state index contributed by atoms with van der Waals surface area (Å²) in [4.78, 5) is 12.7. The minimum atomic E-state index is -2.71. The summed E-state index contributed by atoms with van der Waals surface area (Å²) in [7, 11) is 0. The summed E-state index contributed by atoms with van der Waals surface area (Å²) in [5, 5.41) is 18.0. The third kappa shape index (κ3) is 2.68. The predicted molar refractivity (Wildman–Crippen MR) is 72.2 cm³/mol. The van der Waals surface area contributed by atoms with Crippen molar-refractivity contribution in [3.05, 3.63) is 0 Å². The number of aliphatic hydroxyl groups is 1. The monoisotopic (exact) mass is 303 g/mol. The van der Waals surface area contributed by atoms with Crippen LogP contribution in [0.4, 0.5) is 8.78 Å². The number of nitrogens with zero attached hydrogens (tertiary/aromatic N) is 1. The van der Waals surface area contributed by atoms with E-state index in [1.54, 1.807) is 0 Å². The van der Waals surface area contributed by atoms with Crippen molar-refractivity contribution in [1.82, 2.24) is 4.90 Å². The van der Waals surface area contributed by atoms with Crippen molar-refractivity contribution in [2.75, 3.05) is 26.2 Å². The van der Waals surface area contributed by atoms with Crippen LogP contribution in [-0.4, -0.2) is 53.2 Å². The van der Waals surface area contributed by atoms with Crippen molar-refractivity contribution in [1.29, 1.82) is 0 Å². The summed E-state index contributed by atoms with van der Waals surface area (Å²) in [5.41, 5.74) is -0.946. The van der Waals surface area contributed by atoms with Crippen LogP contribution in [0, 0.1) is 16.7 Å². The molecule has 0 unspecified atom stereocenters. The normalized spacial score (nSPS) is 34.6. The molecular weight excluding hydrogens is 280 g/mol. The van der Waals surface area contributed by atoms with Crippen LogP contribution in [-0.2, 0) is 4.79 Å². The molecule has 6 heteroatoms. The quantitative estimate of drug-likeness (QED) is 0.815. The molecule has 1 heterocycles. The van der Waals surface area contributed by atoms with E-state index in [-0.39, 0.29) is 24.8 Å². The summed E-state index contributed by atoms with van der Waals surface area (Å²) >= 11 is 0. The number of aliphatic carboxylic acids is 1. The number of aliphatic hydroxyl groups excluding tert-OH is 1. The van der Waals surface area contributed by atoms with Crippen LogP contribution in [0.15, 0.2) is 0 Å². The first-order valence-electron chi connectivity index (χ1n) is 7.73. The Bertz CT molecular complexity index is 427. The van der Waals surface area contributed by atoms with E-state index < -0.39 is 23.9 Å². The largest absolute Gasteiger partial charge is 0.481 e. The first-order chi connectivity index (χ1) is 9.80. The van der Waals surface area contributed by atoms with Crippen LogP contribution < -0.4 is 0 Å². The van der Waals surface area contributed by atoms with Crippen molar-refractivity contribution in [3.8, 4) is 0 Å². The SMILES string of the molecule is O=C(O)CC1CC2(CCN(C[C@@]3(CO)CC3(F)F)CC2)C1. The summed E-state index contributed by atoms with van der Waals surface area (Å²) in [6, 6.07) is 0. The summed E-state index contributed by atoms with van der Waals surface area (Å²) in [6.07, 6.45) is 3.93. The lowest BCUT2D eigenvalue weighted by Gasteiger charge is -2.52. The number of carboxylic acid groups (broad SMARTS) is 1. The van der Waals surface area contributed by atoms with E-state index in [0.717, 1.165) is 38.8 Å². The number of hydrogen-bond donors (Lipinski definition) is 2. The highest BCUT2D eigenvalue weighted by atomic mass is 19.3. The molecule has 3 aliphatic rings. The van der Waals surface area contributed by atoms with Gasteiger partial charge in [-0.2, -0.15) is 0 Å². The van der Waals surface area contributed by atoms with Gasteiger partial charge < -0.3 is 15.1 Å². The van der Waals surface area contributed by atoms with Gasteiger partial charge in [-0.25, -0.2) is 8.78 Å². The van der Waals surface area contributed by atoms with Gasteiger partial charge in [0.05, 0.1) is 12.0 Å². The van der Waals surface area contributed by atoms with Crippen molar-refractivity contribution in [3.63, 3.8) is 0 Å². The summed E-state index contributed by atoms with van der Waals surface area (Å²) in [5.74, 6) is -3.14. The lowest BCUT2D eigenvalue weighted by atomic mass is 9.57. The predicted octanol–water partition coefficient (Wildman–Crippen LogP) is 1.97. The second kappa shape index (κ2) is 4.88. The Morgan fingerprint density at radius 3 is 2.24 bits per heavy atom. The Kier molecular flexibility index (Phi) is 3.52. The van der Waals surface area contributed by atoms with E-state index in [2.05, 4.69) is 0 Å². The highest BCUT2D eigenvalue weighted by molar-refractivity contribution is 5.67. The van der Waals surface area contributed by atoms with Crippen LogP contribution in [0.5, 0.6) is 0 Å². The maximum atomic E-state index is 13.4. The first-order valence-corrected chi connectivity index (χ1v) is 7.73. The molecule has 2 N–H and O–H groups in total. The summed E-state index contributed by atoms with van der Waals surface area (Å²) < 4.78 is 26.7. The van der Waals surface area contributed by atoms with E-state index >= 15 is 0 Å². The van der Waals surface area contributed by atoms with Crippen LogP contribution in [0.1, 0.15) is 38.5 Å². The van der Waals surface area contributed by atoms with Crippen molar-refractivity contribution >= 4 is 5.97 Å². The molecule has 2 saturated carbocycles. The Labute approximate surface area is 123 Å². The molecule has 4 nitrogen and oxygen atoms in total.